The summed E-state index contributed by atoms with van der Waals surface area (Å²) in [5.41, 5.74) is 2.08. The van der Waals surface area contributed by atoms with E-state index in [0.29, 0.717) is 27.9 Å². The van der Waals surface area contributed by atoms with Crippen molar-refractivity contribution in [1.29, 1.82) is 0 Å². The standard InChI is InChI=1S/C25H30BrClN2O3/c1-3-16(2)17-9-12-23(21(26)13-17)32-15-24(30)28-19-10-11-22(27)20(14-19)25(31)29-18-7-5-4-6-8-18/h9-14,16,18H,3-8,15H2,1-2H3,(H,28,30)(H,29,31). The van der Waals surface area contributed by atoms with Crippen LogP contribution in [-0.4, -0.2) is 24.5 Å². The third kappa shape index (κ3) is 6.72. The fourth-order valence-corrected chi connectivity index (χ4v) is 4.52. The van der Waals surface area contributed by atoms with Gasteiger partial charge in [0.1, 0.15) is 5.75 Å². The van der Waals surface area contributed by atoms with Crippen LogP contribution in [0.5, 0.6) is 5.75 Å². The fourth-order valence-electron chi connectivity index (χ4n) is 3.80. The van der Waals surface area contributed by atoms with E-state index in [4.69, 9.17) is 16.3 Å². The van der Waals surface area contributed by atoms with Gasteiger partial charge in [0.15, 0.2) is 6.61 Å². The fraction of sp³-hybridized carbons (Fsp3) is 0.440. The highest BCUT2D eigenvalue weighted by atomic mass is 79.9. The lowest BCUT2D eigenvalue weighted by Crippen LogP contribution is -2.36. The lowest BCUT2D eigenvalue weighted by molar-refractivity contribution is -0.118. The molecule has 1 aliphatic carbocycles. The van der Waals surface area contributed by atoms with Gasteiger partial charge in [-0.15, -0.1) is 0 Å². The normalized spacial score (nSPS) is 15.1. The molecule has 0 spiro atoms. The second-order valence-electron chi connectivity index (χ2n) is 8.34. The molecule has 0 saturated heterocycles. The molecule has 1 saturated carbocycles. The molecule has 5 nitrogen and oxygen atoms in total. The summed E-state index contributed by atoms with van der Waals surface area (Å²) in [6.07, 6.45) is 6.51. The first-order valence-corrected chi connectivity index (χ1v) is 12.4. The number of anilines is 1. The largest absolute Gasteiger partial charge is 0.483 e. The van der Waals surface area contributed by atoms with Crippen molar-refractivity contribution in [3.8, 4) is 5.75 Å². The van der Waals surface area contributed by atoms with E-state index >= 15 is 0 Å². The van der Waals surface area contributed by atoms with E-state index in [0.717, 1.165) is 36.6 Å². The molecule has 3 rings (SSSR count). The Balaban J connectivity index is 1.58. The van der Waals surface area contributed by atoms with Crippen LogP contribution in [0.3, 0.4) is 0 Å². The average Bonchev–Trinajstić information content (AvgIpc) is 2.79. The molecule has 32 heavy (non-hydrogen) atoms. The molecule has 1 atom stereocenters. The summed E-state index contributed by atoms with van der Waals surface area (Å²) in [5.74, 6) is 0.539. The molecular weight excluding hydrogens is 492 g/mol. The zero-order valence-electron chi connectivity index (χ0n) is 18.5. The van der Waals surface area contributed by atoms with Crippen LogP contribution in [0.15, 0.2) is 40.9 Å². The van der Waals surface area contributed by atoms with Crippen molar-refractivity contribution in [3.05, 3.63) is 57.0 Å². The zero-order chi connectivity index (χ0) is 23.1. The van der Waals surface area contributed by atoms with Gasteiger partial charge in [0, 0.05) is 11.7 Å². The molecule has 1 unspecified atom stereocenters. The number of benzene rings is 2. The Morgan fingerprint density at radius 1 is 1.16 bits per heavy atom. The Kier molecular flexibility index (Phi) is 9.00. The maximum atomic E-state index is 12.7. The van der Waals surface area contributed by atoms with E-state index in [1.807, 2.05) is 18.2 Å². The number of carbonyl (C=O) groups is 2. The number of amides is 2. The number of hydrogen-bond acceptors (Lipinski definition) is 3. The number of rotatable bonds is 8. The predicted octanol–water partition coefficient (Wildman–Crippen LogP) is 6.70. The van der Waals surface area contributed by atoms with E-state index in [1.54, 1.807) is 18.2 Å². The van der Waals surface area contributed by atoms with Crippen LogP contribution in [0.4, 0.5) is 5.69 Å². The summed E-state index contributed by atoms with van der Waals surface area (Å²) >= 11 is 9.77. The van der Waals surface area contributed by atoms with Gasteiger partial charge in [-0.3, -0.25) is 9.59 Å². The van der Waals surface area contributed by atoms with Crippen LogP contribution in [0.1, 0.15) is 74.2 Å². The van der Waals surface area contributed by atoms with Crippen LogP contribution in [-0.2, 0) is 4.79 Å². The SMILES string of the molecule is CCC(C)c1ccc(OCC(=O)Nc2ccc(Cl)c(C(=O)NC3CCCCC3)c2)c(Br)c1. The molecule has 2 amide bonds. The summed E-state index contributed by atoms with van der Waals surface area (Å²) in [4.78, 5) is 25.1. The minimum Gasteiger partial charge on any atom is -0.483 e. The first-order valence-electron chi connectivity index (χ1n) is 11.2. The molecule has 1 fully saturated rings. The van der Waals surface area contributed by atoms with Crippen molar-refractivity contribution in [2.24, 2.45) is 0 Å². The van der Waals surface area contributed by atoms with Gasteiger partial charge < -0.3 is 15.4 Å². The van der Waals surface area contributed by atoms with Crippen molar-refractivity contribution in [3.63, 3.8) is 0 Å². The molecule has 2 aromatic rings. The predicted molar refractivity (Wildman–Crippen MR) is 133 cm³/mol. The number of ether oxygens (including phenoxy) is 1. The Bertz CT molecular complexity index is 960. The average molecular weight is 522 g/mol. The number of nitrogens with one attached hydrogen (secondary N) is 2. The summed E-state index contributed by atoms with van der Waals surface area (Å²) in [6, 6.07) is 11.0. The molecule has 172 valence electrons. The van der Waals surface area contributed by atoms with Gasteiger partial charge in [-0.2, -0.15) is 0 Å². The first-order chi connectivity index (χ1) is 15.4. The van der Waals surface area contributed by atoms with Crippen molar-refractivity contribution in [1.82, 2.24) is 5.32 Å². The molecular formula is C25H30BrClN2O3. The Morgan fingerprint density at radius 3 is 2.59 bits per heavy atom. The summed E-state index contributed by atoms with van der Waals surface area (Å²) in [7, 11) is 0. The summed E-state index contributed by atoms with van der Waals surface area (Å²) in [5, 5.41) is 6.20. The van der Waals surface area contributed by atoms with Gasteiger partial charge in [-0.1, -0.05) is 50.8 Å². The highest BCUT2D eigenvalue weighted by Gasteiger charge is 2.19. The Labute approximate surface area is 203 Å². The first kappa shape index (κ1) is 24.6. The van der Waals surface area contributed by atoms with Crippen LogP contribution in [0.25, 0.3) is 0 Å². The van der Waals surface area contributed by atoms with Crippen molar-refractivity contribution in [2.75, 3.05) is 11.9 Å². The van der Waals surface area contributed by atoms with Crippen molar-refractivity contribution < 1.29 is 14.3 Å². The van der Waals surface area contributed by atoms with E-state index in [9.17, 15) is 9.59 Å². The van der Waals surface area contributed by atoms with E-state index in [-0.39, 0.29) is 24.5 Å². The summed E-state index contributed by atoms with van der Waals surface area (Å²) in [6.45, 7) is 4.17. The molecule has 0 aromatic heterocycles. The van der Waals surface area contributed by atoms with Gasteiger partial charge in [-0.25, -0.2) is 0 Å². The maximum absolute atomic E-state index is 12.7. The van der Waals surface area contributed by atoms with Gasteiger partial charge in [0.2, 0.25) is 0 Å². The minimum absolute atomic E-state index is 0.145. The zero-order valence-corrected chi connectivity index (χ0v) is 20.9. The molecule has 0 bridgehead atoms. The molecule has 0 heterocycles. The van der Waals surface area contributed by atoms with Crippen LogP contribution in [0.2, 0.25) is 5.02 Å². The second-order valence-corrected chi connectivity index (χ2v) is 9.60. The van der Waals surface area contributed by atoms with Gasteiger partial charge in [0.25, 0.3) is 11.8 Å². The number of halogens is 2. The third-order valence-corrected chi connectivity index (χ3v) is 6.88. The molecule has 1 aliphatic rings. The lowest BCUT2D eigenvalue weighted by Gasteiger charge is -2.23. The van der Waals surface area contributed by atoms with E-state index < -0.39 is 0 Å². The maximum Gasteiger partial charge on any atom is 0.262 e. The second kappa shape index (κ2) is 11.7. The van der Waals surface area contributed by atoms with Gasteiger partial charge >= 0.3 is 0 Å². The molecule has 0 aliphatic heterocycles. The molecule has 2 aromatic carbocycles. The van der Waals surface area contributed by atoms with E-state index in [2.05, 4.69) is 40.4 Å². The van der Waals surface area contributed by atoms with Gasteiger partial charge in [-0.05, 0) is 77.0 Å². The van der Waals surface area contributed by atoms with E-state index in [1.165, 1.54) is 12.0 Å². The van der Waals surface area contributed by atoms with Crippen LogP contribution >= 0.6 is 27.5 Å². The Hall–Kier alpha value is -2.05. The number of carbonyl (C=O) groups excluding carboxylic acids is 2. The van der Waals surface area contributed by atoms with Crippen molar-refractivity contribution >= 4 is 45.0 Å². The monoisotopic (exact) mass is 520 g/mol. The molecule has 2 N–H and O–H groups in total. The smallest absolute Gasteiger partial charge is 0.262 e. The van der Waals surface area contributed by atoms with Crippen LogP contribution < -0.4 is 15.4 Å². The number of hydrogen-bond donors (Lipinski definition) is 2. The minimum atomic E-state index is -0.316. The molecule has 7 heteroatoms. The quantitative estimate of drug-likeness (QED) is 0.406. The summed E-state index contributed by atoms with van der Waals surface area (Å²) < 4.78 is 6.49. The lowest BCUT2D eigenvalue weighted by atomic mass is 9.95. The third-order valence-electron chi connectivity index (χ3n) is 5.93. The highest BCUT2D eigenvalue weighted by molar-refractivity contribution is 9.10. The van der Waals surface area contributed by atoms with Crippen LogP contribution in [0, 0.1) is 0 Å². The highest BCUT2D eigenvalue weighted by Crippen LogP contribution is 2.30. The molecule has 0 radical (unpaired) electrons. The topological polar surface area (TPSA) is 67.4 Å². The van der Waals surface area contributed by atoms with Crippen molar-refractivity contribution in [2.45, 2.75) is 64.3 Å². The van der Waals surface area contributed by atoms with Gasteiger partial charge in [0.05, 0.1) is 15.1 Å². The Morgan fingerprint density at radius 2 is 1.91 bits per heavy atom.